The van der Waals surface area contributed by atoms with Crippen LogP contribution < -0.4 is 5.32 Å². The number of fused-ring (bicyclic) bond motifs is 1. The minimum atomic E-state index is 0.0606. The number of benzene rings is 1. The van der Waals surface area contributed by atoms with Crippen molar-refractivity contribution in [3.8, 4) is 0 Å². The van der Waals surface area contributed by atoms with Crippen LogP contribution in [0.15, 0.2) is 24.3 Å². The Labute approximate surface area is 102 Å². The van der Waals surface area contributed by atoms with Gasteiger partial charge in [0.05, 0.1) is 6.04 Å². The van der Waals surface area contributed by atoms with Gasteiger partial charge in [-0.05, 0) is 23.5 Å². The number of hydrogen-bond acceptors (Lipinski definition) is 2. The van der Waals surface area contributed by atoms with Gasteiger partial charge in [-0.15, -0.1) is 0 Å². The highest BCUT2D eigenvalue weighted by Crippen LogP contribution is 2.30. The molecular formula is C15H19NO. The van der Waals surface area contributed by atoms with Gasteiger partial charge in [0.25, 0.3) is 0 Å². The summed E-state index contributed by atoms with van der Waals surface area (Å²) in [7, 11) is 0. The van der Waals surface area contributed by atoms with Crippen molar-refractivity contribution in [1.29, 1.82) is 0 Å². The van der Waals surface area contributed by atoms with Crippen molar-refractivity contribution < 1.29 is 4.79 Å². The molecule has 1 aromatic rings. The molecule has 3 rings (SSSR count). The smallest absolute Gasteiger partial charge is 0.150 e. The average molecular weight is 229 g/mol. The first-order valence-electron chi connectivity index (χ1n) is 6.66. The van der Waals surface area contributed by atoms with Gasteiger partial charge in [0.15, 0.2) is 0 Å². The molecule has 0 aromatic heterocycles. The van der Waals surface area contributed by atoms with Gasteiger partial charge in [-0.2, -0.15) is 0 Å². The van der Waals surface area contributed by atoms with Gasteiger partial charge in [-0.3, -0.25) is 4.79 Å². The van der Waals surface area contributed by atoms with E-state index < -0.39 is 0 Å². The van der Waals surface area contributed by atoms with E-state index in [-0.39, 0.29) is 6.04 Å². The predicted molar refractivity (Wildman–Crippen MR) is 67.7 cm³/mol. The van der Waals surface area contributed by atoms with Crippen LogP contribution in [0, 0.1) is 5.92 Å². The van der Waals surface area contributed by atoms with Gasteiger partial charge in [0.1, 0.15) is 5.78 Å². The lowest BCUT2D eigenvalue weighted by Crippen LogP contribution is -2.42. The van der Waals surface area contributed by atoms with Crippen molar-refractivity contribution in [1.82, 2.24) is 5.32 Å². The van der Waals surface area contributed by atoms with Crippen LogP contribution in [0.4, 0.5) is 0 Å². The van der Waals surface area contributed by atoms with Gasteiger partial charge >= 0.3 is 0 Å². The van der Waals surface area contributed by atoms with Crippen molar-refractivity contribution >= 4 is 5.78 Å². The standard InChI is InChI=1S/C15H19NO/c17-15(8-11-4-3-5-11)14-9-12-6-1-2-7-13(12)10-16-14/h1-2,6-7,11,14,16H,3-5,8-10H2. The highest BCUT2D eigenvalue weighted by molar-refractivity contribution is 5.85. The normalized spacial score (nSPS) is 23.9. The number of Topliss-reactive ketones (excluding diaryl/α,β-unsaturated/α-hetero) is 1. The van der Waals surface area contributed by atoms with Crippen LogP contribution in [-0.2, 0) is 17.8 Å². The summed E-state index contributed by atoms with van der Waals surface area (Å²) in [5, 5.41) is 3.38. The highest BCUT2D eigenvalue weighted by Gasteiger charge is 2.27. The van der Waals surface area contributed by atoms with Gasteiger partial charge in [-0.1, -0.05) is 43.5 Å². The fraction of sp³-hybridized carbons (Fsp3) is 0.533. The van der Waals surface area contributed by atoms with Crippen molar-refractivity contribution in [2.24, 2.45) is 5.92 Å². The Morgan fingerprint density at radius 2 is 2.00 bits per heavy atom. The topological polar surface area (TPSA) is 29.1 Å². The second kappa shape index (κ2) is 4.61. The Balaban J connectivity index is 1.64. The molecule has 1 atom stereocenters. The molecule has 1 aliphatic heterocycles. The minimum absolute atomic E-state index is 0.0606. The molecule has 0 bridgehead atoms. The Morgan fingerprint density at radius 1 is 1.24 bits per heavy atom. The van der Waals surface area contributed by atoms with Crippen LogP contribution in [0.1, 0.15) is 36.8 Å². The second-order valence-corrected chi connectivity index (χ2v) is 5.37. The van der Waals surface area contributed by atoms with Crippen molar-refractivity contribution in [3.63, 3.8) is 0 Å². The zero-order valence-electron chi connectivity index (χ0n) is 10.1. The van der Waals surface area contributed by atoms with Crippen LogP contribution >= 0.6 is 0 Å². The number of carbonyl (C=O) groups excluding carboxylic acids is 1. The van der Waals surface area contributed by atoms with Gasteiger partial charge in [0.2, 0.25) is 0 Å². The first-order valence-corrected chi connectivity index (χ1v) is 6.66. The first-order chi connectivity index (χ1) is 8.33. The van der Waals surface area contributed by atoms with E-state index in [0.717, 1.165) is 19.4 Å². The molecule has 0 saturated heterocycles. The number of ketones is 1. The molecular weight excluding hydrogens is 210 g/mol. The molecule has 1 heterocycles. The lowest BCUT2D eigenvalue weighted by molar-refractivity contribution is -0.122. The van der Waals surface area contributed by atoms with Gasteiger partial charge in [-0.25, -0.2) is 0 Å². The Hall–Kier alpha value is -1.15. The minimum Gasteiger partial charge on any atom is -0.303 e. The monoisotopic (exact) mass is 229 g/mol. The Morgan fingerprint density at radius 3 is 2.71 bits per heavy atom. The largest absolute Gasteiger partial charge is 0.303 e. The summed E-state index contributed by atoms with van der Waals surface area (Å²) in [6, 6.07) is 8.49. The van der Waals surface area contributed by atoms with E-state index in [1.807, 2.05) is 0 Å². The van der Waals surface area contributed by atoms with E-state index in [1.54, 1.807) is 0 Å². The number of carbonyl (C=O) groups is 1. The summed E-state index contributed by atoms with van der Waals surface area (Å²) in [5.74, 6) is 1.10. The van der Waals surface area contributed by atoms with E-state index in [1.165, 1.54) is 30.4 Å². The third-order valence-electron chi connectivity index (χ3n) is 4.18. The van der Waals surface area contributed by atoms with Crippen molar-refractivity contribution in [2.45, 2.75) is 44.7 Å². The van der Waals surface area contributed by atoms with Gasteiger partial charge in [0, 0.05) is 13.0 Å². The maximum Gasteiger partial charge on any atom is 0.150 e. The molecule has 2 heteroatoms. The zero-order chi connectivity index (χ0) is 11.7. The summed E-state index contributed by atoms with van der Waals surface area (Å²) >= 11 is 0. The number of hydrogen-bond donors (Lipinski definition) is 1. The molecule has 17 heavy (non-hydrogen) atoms. The molecule has 0 spiro atoms. The maximum absolute atomic E-state index is 12.1. The predicted octanol–water partition coefficient (Wildman–Crippen LogP) is 2.46. The molecule has 1 aromatic carbocycles. The first kappa shape index (κ1) is 11.0. The zero-order valence-corrected chi connectivity index (χ0v) is 10.1. The molecule has 1 N–H and O–H groups in total. The molecule has 1 aliphatic carbocycles. The summed E-state index contributed by atoms with van der Waals surface area (Å²) in [4.78, 5) is 12.1. The Bertz CT molecular complexity index is 423. The molecule has 0 radical (unpaired) electrons. The van der Waals surface area contributed by atoms with Crippen LogP contribution in [0.5, 0.6) is 0 Å². The van der Waals surface area contributed by atoms with Crippen molar-refractivity contribution in [2.75, 3.05) is 0 Å². The third kappa shape index (κ3) is 2.27. The lowest BCUT2D eigenvalue weighted by atomic mass is 9.80. The van der Waals surface area contributed by atoms with E-state index >= 15 is 0 Å². The van der Waals surface area contributed by atoms with Crippen molar-refractivity contribution in [3.05, 3.63) is 35.4 Å². The SMILES string of the molecule is O=C(CC1CCC1)C1Cc2ccccc2CN1. The van der Waals surface area contributed by atoms with E-state index in [0.29, 0.717) is 11.7 Å². The lowest BCUT2D eigenvalue weighted by Gasteiger charge is -2.29. The molecule has 0 amide bonds. The average Bonchev–Trinajstić information content (AvgIpc) is 2.33. The summed E-state index contributed by atoms with van der Waals surface area (Å²) in [5.41, 5.74) is 2.69. The fourth-order valence-electron chi connectivity index (χ4n) is 2.81. The summed E-state index contributed by atoms with van der Waals surface area (Å²) in [6.45, 7) is 0.844. The van der Waals surface area contributed by atoms with E-state index in [9.17, 15) is 4.79 Å². The van der Waals surface area contributed by atoms with Crippen LogP contribution in [-0.4, -0.2) is 11.8 Å². The molecule has 90 valence electrons. The molecule has 2 nitrogen and oxygen atoms in total. The summed E-state index contributed by atoms with van der Waals surface area (Å²) in [6.07, 6.45) is 5.50. The second-order valence-electron chi connectivity index (χ2n) is 5.37. The number of nitrogens with one attached hydrogen (secondary N) is 1. The molecule has 1 saturated carbocycles. The molecule has 1 fully saturated rings. The highest BCUT2D eigenvalue weighted by atomic mass is 16.1. The quantitative estimate of drug-likeness (QED) is 0.862. The third-order valence-corrected chi connectivity index (χ3v) is 4.18. The molecule has 1 unspecified atom stereocenters. The summed E-state index contributed by atoms with van der Waals surface area (Å²) < 4.78 is 0. The van der Waals surface area contributed by atoms with Crippen LogP contribution in [0.25, 0.3) is 0 Å². The van der Waals surface area contributed by atoms with E-state index in [4.69, 9.17) is 0 Å². The van der Waals surface area contributed by atoms with E-state index in [2.05, 4.69) is 29.6 Å². The Kier molecular flexibility index (Phi) is 2.98. The number of rotatable bonds is 3. The van der Waals surface area contributed by atoms with Gasteiger partial charge < -0.3 is 5.32 Å². The van der Waals surface area contributed by atoms with Crippen LogP contribution in [0.3, 0.4) is 0 Å². The fourth-order valence-corrected chi connectivity index (χ4v) is 2.81. The van der Waals surface area contributed by atoms with Crippen LogP contribution in [0.2, 0.25) is 0 Å². The molecule has 2 aliphatic rings. The maximum atomic E-state index is 12.1.